The number of hydrogen-bond acceptors (Lipinski definition) is 4. The topological polar surface area (TPSA) is 54.3 Å². The van der Waals surface area contributed by atoms with Crippen molar-refractivity contribution in [3.05, 3.63) is 60.7 Å². The van der Waals surface area contributed by atoms with Crippen molar-refractivity contribution in [1.29, 1.82) is 0 Å². The fourth-order valence-corrected chi connectivity index (χ4v) is 4.93. The number of piperidine rings is 1. The van der Waals surface area contributed by atoms with Crippen molar-refractivity contribution in [2.24, 2.45) is 0 Å². The summed E-state index contributed by atoms with van der Waals surface area (Å²) in [5, 5.41) is 1.21. The van der Waals surface area contributed by atoms with Crippen LogP contribution in [0.25, 0.3) is 10.9 Å². The zero-order chi connectivity index (χ0) is 18.1. The lowest BCUT2D eigenvalue weighted by atomic mass is 10.1. The van der Waals surface area contributed by atoms with E-state index in [0.717, 1.165) is 36.8 Å². The highest BCUT2D eigenvalue weighted by atomic mass is 32.2. The highest BCUT2D eigenvalue weighted by Gasteiger charge is 2.26. The predicted molar refractivity (Wildman–Crippen MR) is 104 cm³/mol. The van der Waals surface area contributed by atoms with Crippen LogP contribution in [0, 0.1) is 0 Å². The van der Waals surface area contributed by atoms with Gasteiger partial charge in [0.1, 0.15) is 0 Å². The Hall–Kier alpha value is -2.31. The minimum Gasteiger partial charge on any atom is -0.322 e. The molecule has 136 valence electrons. The molecule has 1 aromatic heterocycles. The number of hydrogen-bond donors (Lipinski definition) is 1. The van der Waals surface area contributed by atoms with Gasteiger partial charge in [-0.2, -0.15) is 0 Å². The standard InChI is InChI=1S/C20H23N3O2S/c1-22-13-11-17(12-14-22)21-23-19-10-6-5-7-16(19)15-20(23)26(24,25)18-8-3-2-4-9-18/h2-10,15,17,21H,11-14H2,1H3. The van der Waals surface area contributed by atoms with Crippen molar-refractivity contribution in [2.75, 3.05) is 25.6 Å². The number of para-hydroxylation sites is 1. The largest absolute Gasteiger partial charge is 0.322 e. The molecule has 4 rings (SSSR count). The fourth-order valence-electron chi connectivity index (χ4n) is 3.50. The summed E-state index contributed by atoms with van der Waals surface area (Å²) in [5.41, 5.74) is 4.37. The van der Waals surface area contributed by atoms with Crippen molar-refractivity contribution in [2.45, 2.75) is 28.8 Å². The first-order chi connectivity index (χ1) is 12.6. The lowest BCUT2D eigenvalue weighted by Gasteiger charge is -2.31. The van der Waals surface area contributed by atoms with Gasteiger partial charge in [0, 0.05) is 11.4 Å². The summed E-state index contributed by atoms with van der Waals surface area (Å²) < 4.78 is 28.3. The molecular formula is C20H23N3O2S. The summed E-state index contributed by atoms with van der Waals surface area (Å²) >= 11 is 0. The van der Waals surface area contributed by atoms with Crippen molar-refractivity contribution < 1.29 is 8.42 Å². The number of fused-ring (bicyclic) bond motifs is 1. The molecule has 2 aromatic carbocycles. The zero-order valence-corrected chi connectivity index (χ0v) is 15.6. The van der Waals surface area contributed by atoms with Gasteiger partial charge in [-0.1, -0.05) is 36.4 Å². The molecule has 0 bridgehead atoms. The van der Waals surface area contributed by atoms with Gasteiger partial charge in [-0.15, -0.1) is 0 Å². The Morgan fingerprint density at radius 2 is 1.62 bits per heavy atom. The second-order valence-electron chi connectivity index (χ2n) is 6.90. The van der Waals surface area contributed by atoms with Crippen LogP contribution in [0.5, 0.6) is 0 Å². The van der Waals surface area contributed by atoms with Crippen molar-refractivity contribution in [3.63, 3.8) is 0 Å². The molecule has 1 saturated heterocycles. The number of likely N-dealkylation sites (tertiary alicyclic amines) is 1. The third-order valence-corrected chi connectivity index (χ3v) is 6.78. The Morgan fingerprint density at radius 3 is 2.35 bits per heavy atom. The summed E-state index contributed by atoms with van der Waals surface area (Å²) in [6, 6.07) is 18.4. The van der Waals surface area contributed by atoms with Gasteiger partial charge in [-0.05, 0) is 57.2 Å². The Balaban J connectivity index is 1.79. The van der Waals surface area contributed by atoms with E-state index in [1.165, 1.54) is 0 Å². The molecule has 0 saturated carbocycles. The first kappa shape index (κ1) is 17.1. The van der Waals surface area contributed by atoms with Crippen LogP contribution in [0.4, 0.5) is 0 Å². The van der Waals surface area contributed by atoms with Gasteiger partial charge >= 0.3 is 0 Å². The molecular weight excluding hydrogens is 346 g/mol. The Bertz CT molecular complexity index is 1000. The van der Waals surface area contributed by atoms with Crippen LogP contribution in [0.15, 0.2) is 70.6 Å². The Morgan fingerprint density at radius 1 is 0.962 bits per heavy atom. The van der Waals surface area contributed by atoms with E-state index in [9.17, 15) is 8.42 Å². The van der Waals surface area contributed by atoms with Crippen LogP contribution in [0.2, 0.25) is 0 Å². The van der Waals surface area contributed by atoms with E-state index in [1.807, 2.05) is 30.3 Å². The van der Waals surface area contributed by atoms with Crippen molar-refractivity contribution >= 4 is 20.7 Å². The minimum atomic E-state index is -3.60. The van der Waals surface area contributed by atoms with Gasteiger partial charge in [0.2, 0.25) is 9.84 Å². The number of nitrogens with zero attached hydrogens (tertiary/aromatic N) is 2. The molecule has 5 nitrogen and oxygen atoms in total. The maximum atomic E-state index is 13.2. The molecule has 3 aromatic rings. The third kappa shape index (κ3) is 3.10. The Kier molecular flexibility index (Phi) is 4.46. The van der Waals surface area contributed by atoms with Gasteiger partial charge in [-0.3, -0.25) is 0 Å². The maximum Gasteiger partial charge on any atom is 0.223 e. The van der Waals surface area contributed by atoms with Crippen LogP contribution < -0.4 is 5.43 Å². The molecule has 1 N–H and O–H groups in total. The fraction of sp³-hybridized carbons (Fsp3) is 0.300. The van der Waals surface area contributed by atoms with E-state index >= 15 is 0 Å². The molecule has 1 aliphatic rings. The molecule has 6 heteroatoms. The van der Waals surface area contributed by atoms with Gasteiger partial charge in [0.15, 0.2) is 5.03 Å². The van der Waals surface area contributed by atoms with Crippen molar-refractivity contribution in [1.82, 2.24) is 9.58 Å². The average molecular weight is 369 g/mol. The molecule has 0 aliphatic carbocycles. The SMILES string of the molecule is CN1CCC(Nn2c(S(=O)(=O)c3ccccc3)cc3ccccc32)CC1. The number of rotatable bonds is 4. The molecule has 1 fully saturated rings. The third-order valence-electron chi connectivity index (χ3n) is 5.04. The Labute approximate surface area is 154 Å². The van der Waals surface area contributed by atoms with Crippen LogP contribution in [0.1, 0.15) is 12.8 Å². The minimum absolute atomic E-state index is 0.256. The van der Waals surface area contributed by atoms with Crippen LogP contribution in [-0.4, -0.2) is 44.2 Å². The van der Waals surface area contributed by atoms with E-state index in [0.29, 0.717) is 9.92 Å². The monoisotopic (exact) mass is 369 g/mol. The molecule has 1 aliphatic heterocycles. The van der Waals surface area contributed by atoms with Crippen molar-refractivity contribution in [3.8, 4) is 0 Å². The smallest absolute Gasteiger partial charge is 0.223 e. The van der Waals surface area contributed by atoms with Gasteiger partial charge in [0.05, 0.1) is 10.4 Å². The van der Waals surface area contributed by atoms with E-state index in [2.05, 4.69) is 17.4 Å². The van der Waals surface area contributed by atoms with Gasteiger partial charge in [0.25, 0.3) is 0 Å². The molecule has 0 unspecified atom stereocenters. The summed E-state index contributed by atoms with van der Waals surface area (Å²) in [5.74, 6) is 0. The lowest BCUT2D eigenvalue weighted by molar-refractivity contribution is 0.257. The molecule has 2 heterocycles. The van der Waals surface area contributed by atoms with Gasteiger partial charge < -0.3 is 10.3 Å². The predicted octanol–water partition coefficient (Wildman–Crippen LogP) is 3.11. The normalized spacial score (nSPS) is 16.8. The summed E-state index contributed by atoms with van der Waals surface area (Å²) in [4.78, 5) is 2.61. The van der Waals surface area contributed by atoms with E-state index in [1.54, 1.807) is 35.0 Å². The molecule has 0 spiro atoms. The van der Waals surface area contributed by atoms with Crippen LogP contribution in [-0.2, 0) is 9.84 Å². The summed E-state index contributed by atoms with van der Waals surface area (Å²) in [6.45, 7) is 2.02. The average Bonchev–Trinajstić information content (AvgIpc) is 3.04. The maximum absolute atomic E-state index is 13.2. The first-order valence-corrected chi connectivity index (χ1v) is 10.4. The number of benzene rings is 2. The van der Waals surface area contributed by atoms with Crippen LogP contribution in [0.3, 0.4) is 0 Å². The highest BCUT2D eigenvalue weighted by Crippen LogP contribution is 2.28. The number of nitrogens with one attached hydrogen (secondary N) is 1. The zero-order valence-electron chi connectivity index (χ0n) is 14.8. The number of sulfone groups is 1. The molecule has 0 radical (unpaired) electrons. The van der Waals surface area contributed by atoms with E-state index in [4.69, 9.17) is 0 Å². The molecule has 0 amide bonds. The summed E-state index contributed by atoms with van der Waals surface area (Å²) in [7, 11) is -1.49. The van der Waals surface area contributed by atoms with E-state index < -0.39 is 9.84 Å². The van der Waals surface area contributed by atoms with E-state index in [-0.39, 0.29) is 6.04 Å². The number of aromatic nitrogens is 1. The van der Waals surface area contributed by atoms with Crippen LogP contribution >= 0.6 is 0 Å². The molecule has 26 heavy (non-hydrogen) atoms. The van der Waals surface area contributed by atoms with Gasteiger partial charge in [-0.25, -0.2) is 13.1 Å². The lowest BCUT2D eigenvalue weighted by Crippen LogP contribution is -2.40. The molecule has 0 atom stereocenters. The second kappa shape index (κ2) is 6.78. The first-order valence-electron chi connectivity index (χ1n) is 8.91. The highest BCUT2D eigenvalue weighted by molar-refractivity contribution is 7.91. The summed E-state index contributed by atoms with van der Waals surface area (Å²) in [6.07, 6.45) is 1.99. The quantitative estimate of drug-likeness (QED) is 0.768. The second-order valence-corrected chi connectivity index (χ2v) is 8.80.